The summed E-state index contributed by atoms with van der Waals surface area (Å²) in [5, 5.41) is 0. The fraction of sp³-hybridized carbons (Fsp3) is 0.350. The summed E-state index contributed by atoms with van der Waals surface area (Å²) < 4.78 is 19.4. The molecule has 3 rings (SSSR count). The molecule has 140 valence electrons. The normalized spacial score (nSPS) is 19.1. The largest absolute Gasteiger partial charge is 0.490 e. The van der Waals surface area contributed by atoms with Crippen LogP contribution in [-0.4, -0.2) is 37.0 Å². The van der Waals surface area contributed by atoms with Gasteiger partial charge in [0.1, 0.15) is 0 Å². The maximum absolute atomic E-state index is 14.1. The minimum atomic E-state index is -0.512. The molecule has 1 heterocycles. The molecule has 2 aromatic rings. The van der Waals surface area contributed by atoms with E-state index in [2.05, 4.69) is 12.1 Å². The molecular formula is C20H24ClFN2O2. The van der Waals surface area contributed by atoms with E-state index < -0.39 is 5.82 Å². The zero-order valence-electron chi connectivity index (χ0n) is 14.7. The predicted octanol–water partition coefficient (Wildman–Crippen LogP) is 3.46. The van der Waals surface area contributed by atoms with E-state index in [1.54, 1.807) is 17.9 Å². The zero-order chi connectivity index (χ0) is 17.8. The first-order valence-electron chi connectivity index (χ1n) is 8.61. The van der Waals surface area contributed by atoms with Gasteiger partial charge in [-0.2, -0.15) is 0 Å². The number of ether oxygens (including phenoxy) is 1. The van der Waals surface area contributed by atoms with Crippen molar-refractivity contribution >= 4 is 18.3 Å². The predicted molar refractivity (Wildman–Crippen MR) is 102 cm³/mol. The maximum atomic E-state index is 14.1. The molecule has 0 aromatic heterocycles. The number of carbonyl (C=O) groups excluding carboxylic acids is 1. The van der Waals surface area contributed by atoms with Gasteiger partial charge in [0.25, 0.3) is 5.91 Å². The molecule has 2 N–H and O–H groups in total. The number of para-hydroxylation sites is 1. The average molecular weight is 379 g/mol. The highest BCUT2D eigenvalue weighted by Crippen LogP contribution is 2.34. The quantitative estimate of drug-likeness (QED) is 0.866. The molecule has 1 aliphatic rings. The summed E-state index contributed by atoms with van der Waals surface area (Å²) in [6.07, 6.45) is 0. The van der Waals surface area contributed by atoms with Crippen molar-refractivity contribution in [3.05, 3.63) is 65.5 Å². The Balaban J connectivity index is 0.00000243. The Labute approximate surface area is 159 Å². The summed E-state index contributed by atoms with van der Waals surface area (Å²) in [6, 6.07) is 14.5. The molecule has 0 saturated carbocycles. The first kappa shape index (κ1) is 20.2. The van der Waals surface area contributed by atoms with Crippen molar-refractivity contribution in [2.45, 2.75) is 12.8 Å². The van der Waals surface area contributed by atoms with E-state index in [4.69, 9.17) is 10.5 Å². The molecule has 2 atom stereocenters. The first-order chi connectivity index (χ1) is 12.2. The summed E-state index contributed by atoms with van der Waals surface area (Å²) in [5.41, 5.74) is 7.39. The highest BCUT2D eigenvalue weighted by Gasteiger charge is 2.36. The van der Waals surface area contributed by atoms with Crippen LogP contribution in [0.4, 0.5) is 4.39 Å². The standard InChI is InChI=1S/C20H23FN2O2.ClH/c1-2-25-19-16(9-6-10-18(19)21)20(24)23-12-15(11-22)17(13-23)14-7-4-3-5-8-14;/h3-10,15,17H,2,11-13,22H2,1H3;1H/t15-,17+;/m1./s1. The van der Waals surface area contributed by atoms with Crippen LogP contribution < -0.4 is 10.5 Å². The Morgan fingerprint density at radius 2 is 1.92 bits per heavy atom. The molecule has 26 heavy (non-hydrogen) atoms. The Kier molecular flexibility index (Phi) is 7.00. The number of carbonyl (C=O) groups is 1. The van der Waals surface area contributed by atoms with Gasteiger partial charge in [-0.05, 0) is 37.1 Å². The molecular weight excluding hydrogens is 355 g/mol. The minimum Gasteiger partial charge on any atom is -0.490 e. The third-order valence-electron chi connectivity index (χ3n) is 4.74. The van der Waals surface area contributed by atoms with Crippen molar-refractivity contribution in [2.24, 2.45) is 11.7 Å². The van der Waals surface area contributed by atoms with Crippen molar-refractivity contribution in [2.75, 3.05) is 26.2 Å². The highest BCUT2D eigenvalue weighted by atomic mass is 35.5. The van der Waals surface area contributed by atoms with Crippen LogP contribution in [0.1, 0.15) is 28.8 Å². The number of benzene rings is 2. The monoisotopic (exact) mass is 378 g/mol. The Hall–Kier alpha value is -2.11. The van der Waals surface area contributed by atoms with Crippen LogP contribution in [-0.2, 0) is 0 Å². The number of hydrogen-bond donors (Lipinski definition) is 1. The van der Waals surface area contributed by atoms with Crippen molar-refractivity contribution in [3.63, 3.8) is 0 Å². The second-order valence-corrected chi connectivity index (χ2v) is 6.27. The number of hydrogen-bond acceptors (Lipinski definition) is 3. The van der Waals surface area contributed by atoms with Gasteiger partial charge in [0.2, 0.25) is 0 Å². The van der Waals surface area contributed by atoms with Gasteiger partial charge < -0.3 is 15.4 Å². The van der Waals surface area contributed by atoms with Gasteiger partial charge in [0.15, 0.2) is 11.6 Å². The maximum Gasteiger partial charge on any atom is 0.257 e. The molecule has 4 nitrogen and oxygen atoms in total. The third kappa shape index (κ3) is 4.00. The van der Waals surface area contributed by atoms with Crippen LogP contribution in [0.2, 0.25) is 0 Å². The van der Waals surface area contributed by atoms with Gasteiger partial charge in [-0.25, -0.2) is 4.39 Å². The van der Waals surface area contributed by atoms with Crippen molar-refractivity contribution in [1.29, 1.82) is 0 Å². The Bertz CT molecular complexity index is 742. The number of nitrogens with two attached hydrogens (primary N) is 1. The molecule has 2 aromatic carbocycles. The van der Waals surface area contributed by atoms with Crippen LogP contribution in [0, 0.1) is 11.7 Å². The molecule has 1 fully saturated rings. The molecule has 1 saturated heterocycles. The van der Waals surface area contributed by atoms with Gasteiger partial charge in [0.05, 0.1) is 12.2 Å². The van der Waals surface area contributed by atoms with Gasteiger partial charge in [-0.15, -0.1) is 12.4 Å². The second kappa shape index (κ2) is 9.01. The molecule has 0 aliphatic carbocycles. The Morgan fingerprint density at radius 3 is 2.58 bits per heavy atom. The van der Waals surface area contributed by atoms with Gasteiger partial charge in [-0.3, -0.25) is 4.79 Å². The first-order valence-corrected chi connectivity index (χ1v) is 8.61. The number of rotatable bonds is 5. The Morgan fingerprint density at radius 1 is 1.19 bits per heavy atom. The lowest BCUT2D eigenvalue weighted by atomic mass is 9.89. The molecule has 0 bridgehead atoms. The molecule has 1 aliphatic heterocycles. The summed E-state index contributed by atoms with van der Waals surface area (Å²) in [5.74, 6) is -0.307. The van der Waals surface area contributed by atoms with E-state index in [1.807, 2.05) is 18.2 Å². The SMILES string of the molecule is CCOc1c(F)cccc1C(=O)N1C[C@@H](CN)[C@H](c2ccccc2)C1.Cl. The average Bonchev–Trinajstić information content (AvgIpc) is 3.08. The van der Waals surface area contributed by atoms with Gasteiger partial charge in [-0.1, -0.05) is 36.4 Å². The summed E-state index contributed by atoms with van der Waals surface area (Å²) >= 11 is 0. The van der Waals surface area contributed by atoms with E-state index in [1.165, 1.54) is 17.7 Å². The lowest BCUT2D eigenvalue weighted by molar-refractivity contribution is 0.0781. The molecule has 0 radical (unpaired) electrons. The number of likely N-dealkylation sites (tertiary alicyclic amines) is 1. The topological polar surface area (TPSA) is 55.6 Å². The number of nitrogens with zero attached hydrogens (tertiary/aromatic N) is 1. The van der Waals surface area contributed by atoms with Crippen molar-refractivity contribution < 1.29 is 13.9 Å². The van der Waals surface area contributed by atoms with E-state index in [0.29, 0.717) is 26.2 Å². The van der Waals surface area contributed by atoms with Gasteiger partial charge in [0, 0.05) is 19.0 Å². The number of halogens is 2. The number of amides is 1. The fourth-order valence-corrected chi connectivity index (χ4v) is 3.49. The third-order valence-corrected chi connectivity index (χ3v) is 4.74. The van der Waals surface area contributed by atoms with E-state index in [9.17, 15) is 9.18 Å². The van der Waals surface area contributed by atoms with Crippen LogP contribution in [0.3, 0.4) is 0 Å². The van der Waals surface area contributed by atoms with Crippen molar-refractivity contribution in [3.8, 4) is 5.75 Å². The molecule has 0 spiro atoms. The molecule has 0 unspecified atom stereocenters. The van der Waals surface area contributed by atoms with Crippen LogP contribution >= 0.6 is 12.4 Å². The van der Waals surface area contributed by atoms with E-state index >= 15 is 0 Å². The second-order valence-electron chi connectivity index (χ2n) is 6.27. The molecule has 6 heteroatoms. The summed E-state index contributed by atoms with van der Waals surface area (Å²) in [6.45, 7) is 3.72. The van der Waals surface area contributed by atoms with Crippen LogP contribution in [0.5, 0.6) is 5.75 Å². The fourth-order valence-electron chi connectivity index (χ4n) is 3.49. The van der Waals surface area contributed by atoms with Gasteiger partial charge >= 0.3 is 0 Å². The lowest BCUT2D eigenvalue weighted by Crippen LogP contribution is -2.30. The smallest absolute Gasteiger partial charge is 0.257 e. The summed E-state index contributed by atoms with van der Waals surface area (Å²) in [7, 11) is 0. The van der Waals surface area contributed by atoms with Crippen molar-refractivity contribution in [1.82, 2.24) is 4.90 Å². The highest BCUT2D eigenvalue weighted by molar-refractivity contribution is 5.97. The summed E-state index contributed by atoms with van der Waals surface area (Å²) in [4.78, 5) is 14.7. The van der Waals surface area contributed by atoms with Crippen LogP contribution in [0.25, 0.3) is 0 Å². The zero-order valence-corrected chi connectivity index (χ0v) is 15.5. The van der Waals surface area contributed by atoms with E-state index in [0.717, 1.165) is 0 Å². The molecule has 1 amide bonds. The minimum absolute atomic E-state index is 0. The van der Waals surface area contributed by atoms with E-state index in [-0.39, 0.29) is 41.5 Å². The van der Waals surface area contributed by atoms with Crippen LogP contribution in [0.15, 0.2) is 48.5 Å². The lowest BCUT2D eigenvalue weighted by Gasteiger charge is -2.19.